The Hall–Kier alpha value is -1.85. The maximum atomic E-state index is 12.3. The summed E-state index contributed by atoms with van der Waals surface area (Å²) < 4.78 is 2.02. The van der Waals surface area contributed by atoms with Crippen LogP contribution < -0.4 is 5.32 Å². The lowest BCUT2D eigenvalue weighted by atomic mass is 9.74. The maximum absolute atomic E-state index is 12.3. The van der Waals surface area contributed by atoms with Gasteiger partial charge in [0.05, 0.1) is 17.7 Å². The van der Waals surface area contributed by atoms with Crippen molar-refractivity contribution in [1.82, 2.24) is 15.1 Å². The number of aliphatic carboxylic acids is 1. The van der Waals surface area contributed by atoms with E-state index in [0.29, 0.717) is 18.8 Å². The van der Waals surface area contributed by atoms with E-state index in [1.54, 1.807) is 0 Å². The molecule has 2 rings (SSSR count). The van der Waals surface area contributed by atoms with Crippen LogP contribution in [0.5, 0.6) is 0 Å². The summed E-state index contributed by atoms with van der Waals surface area (Å²) in [6, 6.07) is 0. The number of nitrogens with zero attached hydrogens (tertiary/aromatic N) is 2. The lowest BCUT2D eigenvalue weighted by molar-refractivity contribution is -0.140. The topological polar surface area (TPSA) is 84.2 Å². The molecule has 0 aliphatic heterocycles. The summed E-state index contributed by atoms with van der Waals surface area (Å²) in [5.41, 5.74) is 2.71. The van der Waals surface area contributed by atoms with E-state index in [-0.39, 0.29) is 12.3 Å². The molecule has 0 atom stereocenters. The van der Waals surface area contributed by atoms with E-state index in [1.165, 1.54) is 0 Å². The van der Waals surface area contributed by atoms with Crippen LogP contribution in [-0.4, -0.2) is 32.3 Å². The van der Waals surface area contributed by atoms with Crippen molar-refractivity contribution in [2.24, 2.45) is 5.92 Å². The summed E-state index contributed by atoms with van der Waals surface area (Å²) in [6.45, 7) is 9.22. The molecule has 6 heteroatoms. The summed E-state index contributed by atoms with van der Waals surface area (Å²) in [5.74, 6) is -0.392. The van der Waals surface area contributed by atoms with Crippen LogP contribution in [0.1, 0.15) is 62.9 Å². The van der Waals surface area contributed by atoms with Crippen molar-refractivity contribution in [2.75, 3.05) is 0 Å². The first-order chi connectivity index (χ1) is 11.2. The Morgan fingerprint density at radius 3 is 2.50 bits per heavy atom. The van der Waals surface area contributed by atoms with Crippen molar-refractivity contribution in [3.63, 3.8) is 0 Å². The van der Waals surface area contributed by atoms with Gasteiger partial charge in [0.15, 0.2) is 0 Å². The van der Waals surface area contributed by atoms with Gasteiger partial charge in [0, 0.05) is 18.7 Å². The van der Waals surface area contributed by atoms with Crippen LogP contribution in [0.2, 0.25) is 0 Å². The van der Waals surface area contributed by atoms with Crippen LogP contribution in [0.25, 0.3) is 0 Å². The standard InChI is InChI=1S/C18H29N3O3/c1-12(2)11-21-14(4)15(13(3)20-21)6-7-16(22)19-18(8-5-9-18)10-17(23)24/h12H,5-11H2,1-4H3,(H,19,22)(H,23,24). The molecule has 0 aromatic carbocycles. The number of hydrogen-bond acceptors (Lipinski definition) is 3. The molecule has 6 nitrogen and oxygen atoms in total. The van der Waals surface area contributed by atoms with Crippen molar-refractivity contribution in [2.45, 2.75) is 78.3 Å². The third-order valence-electron chi connectivity index (χ3n) is 4.88. The zero-order valence-corrected chi connectivity index (χ0v) is 15.2. The van der Waals surface area contributed by atoms with Crippen LogP contribution >= 0.6 is 0 Å². The number of nitrogens with one attached hydrogen (secondary N) is 1. The molecule has 1 aromatic heterocycles. The molecule has 1 fully saturated rings. The monoisotopic (exact) mass is 335 g/mol. The average Bonchev–Trinajstić information content (AvgIpc) is 2.67. The Kier molecular flexibility index (Phi) is 5.67. The van der Waals surface area contributed by atoms with Gasteiger partial charge < -0.3 is 10.4 Å². The molecule has 0 bridgehead atoms. The molecule has 1 aliphatic rings. The smallest absolute Gasteiger partial charge is 0.305 e. The molecule has 0 saturated heterocycles. The van der Waals surface area contributed by atoms with Crippen LogP contribution in [0.3, 0.4) is 0 Å². The van der Waals surface area contributed by atoms with Crippen molar-refractivity contribution >= 4 is 11.9 Å². The van der Waals surface area contributed by atoms with Crippen molar-refractivity contribution in [3.05, 3.63) is 17.0 Å². The van der Waals surface area contributed by atoms with Gasteiger partial charge in [-0.25, -0.2) is 0 Å². The van der Waals surface area contributed by atoms with E-state index in [4.69, 9.17) is 5.11 Å². The number of carbonyl (C=O) groups is 2. The largest absolute Gasteiger partial charge is 0.481 e. The Morgan fingerprint density at radius 2 is 2.00 bits per heavy atom. The maximum Gasteiger partial charge on any atom is 0.305 e. The zero-order valence-electron chi connectivity index (χ0n) is 15.2. The van der Waals surface area contributed by atoms with E-state index < -0.39 is 11.5 Å². The third kappa shape index (κ3) is 4.36. The first kappa shape index (κ1) is 18.5. The van der Waals surface area contributed by atoms with E-state index in [1.807, 2.05) is 18.5 Å². The van der Waals surface area contributed by atoms with Gasteiger partial charge in [-0.05, 0) is 51.0 Å². The third-order valence-corrected chi connectivity index (χ3v) is 4.88. The highest BCUT2D eigenvalue weighted by Gasteiger charge is 2.40. The number of amides is 1. The molecule has 1 saturated carbocycles. The number of carboxylic acid groups (broad SMARTS) is 1. The van der Waals surface area contributed by atoms with Crippen molar-refractivity contribution in [1.29, 1.82) is 0 Å². The van der Waals surface area contributed by atoms with Crippen LogP contribution in [0, 0.1) is 19.8 Å². The minimum absolute atomic E-state index is 0.0170. The minimum Gasteiger partial charge on any atom is -0.481 e. The second-order valence-electron chi connectivity index (χ2n) is 7.48. The number of carbonyl (C=O) groups excluding carboxylic acids is 1. The summed E-state index contributed by atoms with van der Waals surface area (Å²) >= 11 is 0. The highest BCUT2D eigenvalue weighted by molar-refractivity contribution is 5.79. The minimum atomic E-state index is -0.850. The molecule has 0 spiro atoms. The first-order valence-corrected chi connectivity index (χ1v) is 8.78. The van der Waals surface area contributed by atoms with Gasteiger partial charge in [0.2, 0.25) is 5.91 Å². The van der Waals surface area contributed by atoms with E-state index in [2.05, 4.69) is 24.3 Å². The summed E-state index contributed by atoms with van der Waals surface area (Å²) in [4.78, 5) is 23.3. The van der Waals surface area contributed by atoms with Crippen molar-refractivity contribution in [3.8, 4) is 0 Å². The Bertz CT molecular complexity index is 615. The molecular weight excluding hydrogens is 306 g/mol. The summed E-state index contributed by atoms with van der Waals surface area (Å²) in [7, 11) is 0. The van der Waals surface area contributed by atoms with Gasteiger partial charge in [-0.2, -0.15) is 5.10 Å². The zero-order chi connectivity index (χ0) is 17.9. The lowest BCUT2D eigenvalue weighted by Crippen LogP contribution is -2.54. The molecule has 0 radical (unpaired) electrons. The molecule has 0 unspecified atom stereocenters. The Morgan fingerprint density at radius 1 is 1.33 bits per heavy atom. The molecule has 2 N–H and O–H groups in total. The molecule has 24 heavy (non-hydrogen) atoms. The predicted molar refractivity (Wildman–Crippen MR) is 91.8 cm³/mol. The van der Waals surface area contributed by atoms with Crippen molar-refractivity contribution < 1.29 is 14.7 Å². The number of hydrogen-bond donors (Lipinski definition) is 2. The van der Waals surface area contributed by atoms with Gasteiger partial charge >= 0.3 is 5.97 Å². The van der Waals surface area contributed by atoms with E-state index in [9.17, 15) is 9.59 Å². The fourth-order valence-electron chi connectivity index (χ4n) is 3.46. The number of aryl methyl sites for hydroxylation is 1. The predicted octanol–water partition coefficient (Wildman–Crippen LogP) is 2.60. The normalized spacial score (nSPS) is 16.0. The van der Waals surface area contributed by atoms with E-state index in [0.717, 1.165) is 42.8 Å². The van der Waals surface area contributed by atoms with Gasteiger partial charge in [0.25, 0.3) is 0 Å². The van der Waals surface area contributed by atoms with Gasteiger partial charge in [-0.3, -0.25) is 14.3 Å². The summed E-state index contributed by atoms with van der Waals surface area (Å²) in [6.07, 6.45) is 3.53. The second-order valence-corrected chi connectivity index (χ2v) is 7.48. The highest BCUT2D eigenvalue weighted by atomic mass is 16.4. The average molecular weight is 335 g/mol. The highest BCUT2D eigenvalue weighted by Crippen LogP contribution is 2.35. The SMILES string of the molecule is Cc1nn(CC(C)C)c(C)c1CCC(=O)NC1(CC(=O)O)CCC1. The molecule has 134 valence electrons. The fourth-order valence-corrected chi connectivity index (χ4v) is 3.46. The van der Waals surface area contributed by atoms with Gasteiger partial charge in [0.1, 0.15) is 0 Å². The van der Waals surface area contributed by atoms with Gasteiger partial charge in [-0.15, -0.1) is 0 Å². The van der Waals surface area contributed by atoms with Crippen LogP contribution in [0.4, 0.5) is 0 Å². The second kappa shape index (κ2) is 7.36. The molecule has 1 aliphatic carbocycles. The summed E-state index contributed by atoms with van der Waals surface area (Å²) in [5, 5.41) is 16.6. The van der Waals surface area contributed by atoms with Crippen LogP contribution in [-0.2, 0) is 22.6 Å². The lowest BCUT2D eigenvalue weighted by Gasteiger charge is -2.41. The fraction of sp³-hybridized carbons (Fsp3) is 0.722. The van der Waals surface area contributed by atoms with E-state index >= 15 is 0 Å². The molecule has 1 amide bonds. The number of carboxylic acids is 1. The Balaban J connectivity index is 1.94. The number of rotatable bonds is 8. The first-order valence-electron chi connectivity index (χ1n) is 8.78. The quantitative estimate of drug-likeness (QED) is 0.765. The Labute approximate surface area is 143 Å². The molecule has 1 aromatic rings. The molecule has 1 heterocycles. The number of aromatic nitrogens is 2. The molecular formula is C18H29N3O3. The van der Waals surface area contributed by atoms with Gasteiger partial charge in [-0.1, -0.05) is 13.8 Å². The van der Waals surface area contributed by atoms with Crippen LogP contribution in [0.15, 0.2) is 0 Å².